The highest BCUT2D eigenvalue weighted by atomic mass is 19.4. The van der Waals surface area contributed by atoms with Crippen LogP contribution < -0.4 is 10.2 Å². The lowest BCUT2D eigenvalue weighted by molar-refractivity contribution is -0.144. The van der Waals surface area contributed by atoms with Crippen molar-refractivity contribution in [2.75, 3.05) is 11.4 Å². The van der Waals surface area contributed by atoms with Crippen molar-refractivity contribution in [2.45, 2.75) is 25.6 Å². The molecule has 1 aliphatic heterocycles. The highest BCUT2D eigenvalue weighted by molar-refractivity contribution is 6.04. The van der Waals surface area contributed by atoms with E-state index >= 15 is 0 Å². The Morgan fingerprint density at radius 1 is 1.17 bits per heavy atom. The first-order valence-corrected chi connectivity index (χ1v) is 9.06. The number of imidazole rings is 1. The first-order valence-electron chi connectivity index (χ1n) is 9.06. The van der Waals surface area contributed by atoms with Crippen molar-refractivity contribution in [3.05, 3.63) is 59.4 Å². The number of aromatic nitrogens is 2. The molecule has 0 bridgehead atoms. The fourth-order valence-electron chi connectivity index (χ4n) is 3.34. The minimum Gasteiger partial charge on any atom is -0.348 e. The van der Waals surface area contributed by atoms with E-state index in [1.807, 2.05) is 12.1 Å². The number of H-pyrrole nitrogens is 1. The third-order valence-corrected chi connectivity index (χ3v) is 4.80. The number of halogens is 3. The summed E-state index contributed by atoms with van der Waals surface area (Å²) in [6, 6.07) is 11.6. The smallest absolute Gasteiger partial charge is 0.348 e. The molecule has 1 aliphatic rings. The number of nitrogens with zero attached hydrogens (tertiary/aromatic N) is 2. The Morgan fingerprint density at radius 3 is 2.59 bits per heavy atom. The number of anilines is 1. The van der Waals surface area contributed by atoms with E-state index < -0.39 is 17.9 Å². The third kappa shape index (κ3) is 3.80. The second kappa shape index (κ2) is 7.23. The quantitative estimate of drug-likeness (QED) is 0.700. The Hall–Kier alpha value is -3.36. The highest BCUT2D eigenvalue weighted by Crippen LogP contribution is 2.29. The molecule has 0 saturated carbocycles. The molecule has 9 heteroatoms. The zero-order valence-electron chi connectivity index (χ0n) is 15.2. The molecule has 2 aromatic carbocycles. The number of alkyl halides is 3. The van der Waals surface area contributed by atoms with Crippen LogP contribution in [0.15, 0.2) is 42.5 Å². The average molecular weight is 402 g/mol. The van der Waals surface area contributed by atoms with Crippen molar-refractivity contribution in [1.82, 2.24) is 15.3 Å². The predicted molar refractivity (Wildman–Crippen MR) is 100 cm³/mol. The molecule has 150 valence electrons. The lowest BCUT2D eigenvalue weighted by Gasteiger charge is -2.16. The SMILES string of the molecule is O=C(NCc1ccc(N2CCCC2=O)cc1)c1cccc2[nH]c(C(F)(F)F)nc12. The number of hydrogen-bond acceptors (Lipinski definition) is 3. The maximum atomic E-state index is 12.9. The van der Waals surface area contributed by atoms with Gasteiger partial charge in [-0.1, -0.05) is 18.2 Å². The monoisotopic (exact) mass is 402 g/mol. The summed E-state index contributed by atoms with van der Waals surface area (Å²) in [5.41, 5.74) is 1.79. The van der Waals surface area contributed by atoms with E-state index in [1.54, 1.807) is 17.0 Å². The van der Waals surface area contributed by atoms with Gasteiger partial charge in [0, 0.05) is 25.2 Å². The van der Waals surface area contributed by atoms with E-state index in [-0.39, 0.29) is 29.0 Å². The molecule has 4 rings (SSSR count). The van der Waals surface area contributed by atoms with E-state index in [1.165, 1.54) is 18.2 Å². The first-order chi connectivity index (χ1) is 13.8. The largest absolute Gasteiger partial charge is 0.449 e. The Bertz CT molecular complexity index is 1070. The molecule has 0 spiro atoms. The van der Waals surface area contributed by atoms with Gasteiger partial charge < -0.3 is 15.2 Å². The van der Waals surface area contributed by atoms with E-state index in [4.69, 9.17) is 0 Å². The number of amides is 2. The molecule has 1 fully saturated rings. The van der Waals surface area contributed by atoms with Gasteiger partial charge in [-0.3, -0.25) is 9.59 Å². The highest BCUT2D eigenvalue weighted by Gasteiger charge is 2.35. The summed E-state index contributed by atoms with van der Waals surface area (Å²) < 4.78 is 38.6. The van der Waals surface area contributed by atoms with Crippen molar-refractivity contribution in [2.24, 2.45) is 0 Å². The zero-order chi connectivity index (χ0) is 20.6. The third-order valence-electron chi connectivity index (χ3n) is 4.80. The Kier molecular flexibility index (Phi) is 4.73. The minimum absolute atomic E-state index is 0.0276. The molecule has 0 radical (unpaired) electrons. The van der Waals surface area contributed by atoms with Crippen molar-refractivity contribution >= 4 is 28.5 Å². The van der Waals surface area contributed by atoms with E-state index in [9.17, 15) is 22.8 Å². The lowest BCUT2D eigenvalue weighted by atomic mass is 10.1. The van der Waals surface area contributed by atoms with Crippen molar-refractivity contribution < 1.29 is 22.8 Å². The number of nitrogens with one attached hydrogen (secondary N) is 2. The van der Waals surface area contributed by atoms with Crippen molar-refractivity contribution in [3.8, 4) is 0 Å². The molecular weight excluding hydrogens is 385 g/mol. The fraction of sp³-hybridized carbons (Fsp3) is 0.250. The van der Waals surface area contributed by atoms with Gasteiger partial charge in [-0.15, -0.1) is 0 Å². The average Bonchev–Trinajstić information content (AvgIpc) is 3.32. The predicted octanol–water partition coefficient (Wildman–Crippen LogP) is 3.64. The van der Waals surface area contributed by atoms with Gasteiger partial charge in [0.2, 0.25) is 11.7 Å². The number of carbonyl (C=O) groups is 2. The number of hydrogen-bond donors (Lipinski definition) is 2. The van der Waals surface area contributed by atoms with Gasteiger partial charge in [-0.2, -0.15) is 13.2 Å². The Balaban J connectivity index is 1.47. The molecule has 2 amide bonds. The Labute approximate surface area is 163 Å². The molecule has 29 heavy (non-hydrogen) atoms. The number of rotatable bonds is 4. The van der Waals surface area contributed by atoms with Gasteiger partial charge in [0.1, 0.15) is 5.52 Å². The van der Waals surface area contributed by atoms with Crippen molar-refractivity contribution in [3.63, 3.8) is 0 Å². The normalized spacial score (nSPS) is 14.6. The van der Waals surface area contributed by atoms with Crippen LogP contribution in [0, 0.1) is 0 Å². The molecule has 6 nitrogen and oxygen atoms in total. The van der Waals surface area contributed by atoms with Crippen LogP contribution >= 0.6 is 0 Å². The number of carbonyl (C=O) groups excluding carboxylic acids is 2. The van der Waals surface area contributed by atoms with Crippen LogP contribution in [-0.2, 0) is 17.5 Å². The van der Waals surface area contributed by atoms with Crippen LogP contribution in [-0.4, -0.2) is 28.3 Å². The van der Waals surface area contributed by atoms with E-state index in [2.05, 4.69) is 15.3 Å². The van der Waals surface area contributed by atoms with Crippen molar-refractivity contribution in [1.29, 1.82) is 0 Å². The fourth-order valence-corrected chi connectivity index (χ4v) is 3.34. The summed E-state index contributed by atoms with van der Waals surface area (Å²) in [6.07, 6.45) is -3.23. The molecule has 3 aromatic rings. The number of benzene rings is 2. The maximum Gasteiger partial charge on any atom is 0.449 e. The zero-order valence-corrected chi connectivity index (χ0v) is 15.2. The van der Waals surface area contributed by atoms with Crippen LogP contribution in [0.3, 0.4) is 0 Å². The lowest BCUT2D eigenvalue weighted by Crippen LogP contribution is -2.24. The van der Waals surface area contributed by atoms with E-state index in [0.717, 1.165) is 17.7 Å². The Morgan fingerprint density at radius 2 is 1.93 bits per heavy atom. The molecule has 2 N–H and O–H groups in total. The maximum absolute atomic E-state index is 12.9. The van der Waals surface area contributed by atoms with Crippen LogP contribution in [0.5, 0.6) is 0 Å². The second-order valence-electron chi connectivity index (χ2n) is 6.78. The summed E-state index contributed by atoms with van der Waals surface area (Å²) in [4.78, 5) is 31.8. The summed E-state index contributed by atoms with van der Waals surface area (Å²) in [5.74, 6) is -1.56. The summed E-state index contributed by atoms with van der Waals surface area (Å²) in [5, 5.41) is 2.70. The van der Waals surface area contributed by atoms with Gasteiger partial charge in [-0.25, -0.2) is 4.98 Å². The molecule has 1 aromatic heterocycles. The van der Waals surface area contributed by atoms with Crippen LogP contribution in [0.25, 0.3) is 11.0 Å². The van der Waals surface area contributed by atoms with Gasteiger partial charge in [0.15, 0.2) is 0 Å². The number of aromatic amines is 1. The van der Waals surface area contributed by atoms with Crippen LogP contribution in [0.2, 0.25) is 0 Å². The second-order valence-corrected chi connectivity index (χ2v) is 6.78. The standard InChI is InChI=1S/C20H17F3N4O2/c21-20(22,23)19-25-15-4-1-3-14(17(15)26-19)18(29)24-11-12-6-8-13(9-7-12)27-10-2-5-16(27)28/h1,3-4,6-9H,2,5,10-11H2,(H,24,29)(H,25,26). The molecule has 0 atom stereocenters. The van der Waals surface area contributed by atoms with E-state index in [0.29, 0.717) is 13.0 Å². The van der Waals surface area contributed by atoms with Gasteiger partial charge in [-0.05, 0) is 36.2 Å². The number of fused-ring (bicyclic) bond motifs is 1. The molecule has 2 heterocycles. The van der Waals surface area contributed by atoms with Gasteiger partial charge in [0.05, 0.1) is 11.1 Å². The summed E-state index contributed by atoms with van der Waals surface area (Å²) >= 11 is 0. The van der Waals surface area contributed by atoms with Crippen LogP contribution in [0.4, 0.5) is 18.9 Å². The first kappa shape index (κ1) is 19.0. The molecular formula is C20H17F3N4O2. The summed E-state index contributed by atoms with van der Waals surface area (Å²) in [6.45, 7) is 0.891. The van der Waals surface area contributed by atoms with Crippen LogP contribution in [0.1, 0.15) is 34.6 Å². The molecule has 0 aliphatic carbocycles. The topological polar surface area (TPSA) is 78.1 Å². The molecule has 1 saturated heterocycles. The van der Waals surface area contributed by atoms with Gasteiger partial charge >= 0.3 is 6.18 Å². The number of para-hydroxylation sites is 1. The summed E-state index contributed by atoms with van der Waals surface area (Å²) in [7, 11) is 0. The van der Waals surface area contributed by atoms with Gasteiger partial charge in [0.25, 0.3) is 5.91 Å². The molecule has 0 unspecified atom stereocenters. The minimum atomic E-state index is -4.62.